The minimum Gasteiger partial charge on any atom is -0.508 e. The predicted molar refractivity (Wildman–Crippen MR) is 181 cm³/mol. The number of imide groups is 2. The molecule has 252 valence electrons. The first kappa shape index (κ1) is 32.0. The van der Waals surface area contributed by atoms with E-state index in [2.05, 4.69) is 4.90 Å². The summed E-state index contributed by atoms with van der Waals surface area (Å²) >= 11 is 12.5. The van der Waals surface area contributed by atoms with Crippen molar-refractivity contribution in [3.05, 3.63) is 93.7 Å². The zero-order valence-corrected chi connectivity index (χ0v) is 28.0. The molecule has 3 aliphatic heterocycles. The number of rotatable bonds is 4. The number of nitrogens with zero attached hydrogens (tertiary/aromatic N) is 3. The van der Waals surface area contributed by atoms with Crippen molar-refractivity contribution < 1.29 is 33.4 Å². The fourth-order valence-electron chi connectivity index (χ4n) is 8.87. The number of fused-ring (bicyclic) bond motifs is 4. The van der Waals surface area contributed by atoms with Crippen LogP contribution in [0.1, 0.15) is 31.2 Å². The molecule has 0 bridgehead atoms. The fraction of sp³-hybridized carbons (Fsp3) is 0.351. The smallest absolute Gasteiger partial charge is 0.241 e. The van der Waals surface area contributed by atoms with E-state index in [1.54, 1.807) is 25.1 Å². The summed E-state index contributed by atoms with van der Waals surface area (Å²) in [7, 11) is 0. The number of aromatic hydroxyl groups is 1. The van der Waals surface area contributed by atoms with E-state index in [-0.39, 0.29) is 41.1 Å². The number of hydrogen-bond acceptors (Lipinski definition) is 7. The first-order valence-electron chi connectivity index (χ1n) is 16.3. The Morgan fingerprint density at radius 2 is 1.53 bits per heavy atom. The van der Waals surface area contributed by atoms with Crippen molar-refractivity contribution in [3.8, 4) is 5.75 Å². The molecule has 0 radical (unpaired) electrons. The Balaban J connectivity index is 1.20. The van der Waals surface area contributed by atoms with E-state index in [0.29, 0.717) is 35.1 Å². The van der Waals surface area contributed by atoms with Crippen LogP contribution < -0.4 is 14.7 Å². The molecule has 4 amide bonds. The van der Waals surface area contributed by atoms with Crippen molar-refractivity contribution in [3.63, 3.8) is 0 Å². The van der Waals surface area contributed by atoms with Gasteiger partial charge in [-0.05, 0) is 86.3 Å². The van der Waals surface area contributed by atoms with E-state index < -0.39 is 52.6 Å². The van der Waals surface area contributed by atoms with Crippen molar-refractivity contribution >= 4 is 63.9 Å². The average Bonchev–Trinajstić information content (AvgIpc) is 3.47. The summed E-state index contributed by atoms with van der Waals surface area (Å²) in [6.45, 7) is 4.45. The van der Waals surface area contributed by atoms with Gasteiger partial charge in [0.2, 0.25) is 23.6 Å². The zero-order valence-electron chi connectivity index (χ0n) is 26.4. The molecule has 9 nitrogen and oxygen atoms in total. The normalized spacial score (nSPS) is 29.6. The number of hydrogen-bond donors (Lipinski definition) is 1. The molecule has 0 unspecified atom stereocenters. The van der Waals surface area contributed by atoms with Gasteiger partial charge in [-0.2, -0.15) is 0 Å². The van der Waals surface area contributed by atoms with E-state index in [9.17, 15) is 28.7 Å². The molecule has 8 rings (SSSR count). The van der Waals surface area contributed by atoms with Crippen molar-refractivity contribution in [2.24, 2.45) is 29.1 Å². The Kier molecular flexibility index (Phi) is 7.62. The number of phenolic OH excluding ortho intramolecular Hbond substituents is 1. The Morgan fingerprint density at radius 3 is 2.24 bits per heavy atom. The highest BCUT2D eigenvalue weighted by Gasteiger charge is 2.68. The minimum absolute atomic E-state index is 0.114. The molecule has 49 heavy (non-hydrogen) atoms. The molecule has 4 fully saturated rings. The average molecular weight is 705 g/mol. The summed E-state index contributed by atoms with van der Waals surface area (Å²) in [5, 5.41) is 11.3. The lowest BCUT2D eigenvalue weighted by molar-refractivity contribution is -0.131. The Labute approximate surface area is 291 Å². The summed E-state index contributed by atoms with van der Waals surface area (Å²) in [5.41, 5.74) is 1.22. The van der Waals surface area contributed by atoms with Gasteiger partial charge in [-0.25, -0.2) is 9.29 Å². The van der Waals surface area contributed by atoms with Gasteiger partial charge in [0, 0.05) is 35.3 Å². The summed E-state index contributed by atoms with van der Waals surface area (Å²) in [4.78, 5) is 61.7. The Bertz CT molecular complexity index is 1960. The van der Waals surface area contributed by atoms with Crippen LogP contribution in [0.2, 0.25) is 10.0 Å². The molecule has 6 atom stereocenters. The maximum absolute atomic E-state index is 14.5. The number of halogens is 3. The van der Waals surface area contributed by atoms with E-state index in [1.807, 2.05) is 18.2 Å². The third-order valence-electron chi connectivity index (χ3n) is 11.2. The maximum Gasteiger partial charge on any atom is 0.241 e. The van der Waals surface area contributed by atoms with Gasteiger partial charge in [-0.15, -0.1) is 0 Å². The van der Waals surface area contributed by atoms with Gasteiger partial charge >= 0.3 is 0 Å². The van der Waals surface area contributed by atoms with Gasteiger partial charge in [-0.1, -0.05) is 34.9 Å². The van der Waals surface area contributed by atoms with Gasteiger partial charge in [0.1, 0.15) is 11.6 Å². The zero-order chi connectivity index (χ0) is 34.4. The quantitative estimate of drug-likeness (QED) is 0.258. The molecule has 3 aromatic carbocycles. The molecule has 3 aromatic rings. The second-order valence-corrected chi connectivity index (χ2v) is 14.4. The highest BCUT2D eigenvalue weighted by molar-refractivity contribution is 6.32. The fourth-order valence-corrected chi connectivity index (χ4v) is 9.23. The highest BCUT2D eigenvalue weighted by atomic mass is 35.5. The molecule has 3 heterocycles. The molecule has 1 saturated carbocycles. The first-order valence-corrected chi connectivity index (χ1v) is 17.1. The predicted octanol–water partition coefficient (Wildman–Crippen LogP) is 6.11. The van der Waals surface area contributed by atoms with Gasteiger partial charge in [0.05, 0.1) is 52.8 Å². The van der Waals surface area contributed by atoms with Crippen LogP contribution in [-0.2, 0) is 23.9 Å². The van der Waals surface area contributed by atoms with Crippen molar-refractivity contribution in [2.75, 3.05) is 41.0 Å². The monoisotopic (exact) mass is 703 g/mol. The number of anilines is 3. The number of carbonyl (C=O) groups excluding carboxylic acids is 4. The molecule has 12 heteroatoms. The summed E-state index contributed by atoms with van der Waals surface area (Å²) in [6.07, 6.45) is 2.28. The van der Waals surface area contributed by atoms with E-state index >= 15 is 0 Å². The molecule has 1 N–H and O–H groups in total. The summed E-state index contributed by atoms with van der Waals surface area (Å²) < 4.78 is 19.6. The SMILES string of the molecule is C[C@@]12C(=O)N(c3ccc(F)c(Cl)c3)C(=O)[C@@H]1C[C@@H]1C(=CC[C@@H]3C(=O)N(c4ccc(N5CCOCC5)cc4)C(=O)[C@@H]31)[C@@H]2c1cc(Cl)ccc1O. The van der Waals surface area contributed by atoms with Gasteiger partial charge in [-0.3, -0.25) is 24.1 Å². The van der Waals surface area contributed by atoms with Crippen LogP contribution in [0.4, 0.5) is 21.5 Å². The third kappa shape index (κ3) is 4.75. The lowest BCUT2D eigenvalue weighted by atomic mass is 9.51. The Hall–Kier alpha value is -4.25. The molecule has 2 aliphatic carbocycles. The van der Waals surface area contributed by atoms with E-state index in [0.717, 1.165) is 29.7 Å². The largest absolute Gasteiger partial charge is 0.508 e. The van der Waals surface area contributed by atoms with Crippen LogP contribution in [0.15, 0.2) is 72.3 Å². The molecule has 5 aliphatic rings. The Morgan fingerprint density at radius 1 is 0.837 bits per heavy atom. The van der Waals surface area contributed by atoms with E-state index in [4.69, 9.17) is 27.9 Å². The lowest BCUT2D eigenvalue weighted by Crippen LogP contribution is -2.48. The molecular formula is C37H32Cl2FN3O6. The van der Waals surface area contributed by atoms with Crippen LogP contribution in [0, 0.1) is 34.9 Å². The second kappa shape index (κ2) is 11.7. The second-order valence-electron chi connectivity index (χ2n) is 13.6. The van der Waals surface area contributed by atoms with Crippen LogP contribution in [-0.4, -0.2) is 55.0 Å². The summed E-state index contributed by atoms with van der Waals surface area (Å²) in [5.74, 6) is -6.33. The lowest BCUT2D eigenvalue weighted by Gasteiger charge is -2.49. The number of ether oxygens (including phenoxy) is 1. The molecule has 0 aromatic heterocycles. The van der Waals surface area contributed by atoms with Gasteiger partial charge in [0.15, 0.2) is 0 Å². The maximum atomic E-state index is 14.5. The van der Waals surface area contributed by atoms with Gasteiger partial charge < -0.3 is 14.7 Å². The standard InChI is InChI=1S/C37H32Cl2FN3O6/c1-37-27(34(46)43(36(37)48)22-7-10-29(40)28(39)17-22)18-25-23(32(37)26-16-19(38)2-11-30(26)44)8-9-24-31(25)35(47)42(33(24)45)21-5-3-20(4-6-21)41-12-14-49-15-13-41/h2-8,10-11,16-17,24-25,27,31-32,44H,9,12-15,18H2,1H3/t24-,25+,27-,31-,32+,37+/m0/s1. The topological polar surface area (TPSA) is 107 Å². The number of benzene rings is 3. The van der Waals surface area contributed by atoms with Crippen molar-refractivity contribution in [1.29, 1.82) is 0 Å². The van der Waals surface area contributed by atoms with Crippen LogP contribution in [0.5, 0.6) is 5.75 Å². The van der Waals surface area contributed by atoms with Crippen molar-refractivity contribution in [1.82, 2.24) is 0 Å². The van der Waals surface area contributed by atoms with Gasteiger partial charge in [0.25, 0.3) is 0 Å². The first-order chi connectivity index (χ1) is 23.5. The van der Waals surface area contributed by atoms with E-state index in [1.165, 1.54) is 29.2 Å². The van der Waals surface area contributed by atoms with Crippen molar-refractivity contribution in [2.45, 2.75) is 25.7 Å². The number of phenols is 1. The minimum atomic E-state index is -1.41. The number of amides is 4. The number of carbonyl (C=O) groups is 4. The molecular weight excluding hydrogens is 672 g/mol. The van der Waals surface area contributed by atoms with Crippen LogP contribution >= 0.6 is 23.2 Å². The number of allylic oxidation sites excluding steroid dienone is 2. The summed E-state index contributed by atoms with van der Waals surface area (Å²) in [6, 6.07) is 15.6. The highest BCUT2D eigenvalue weighted by Crippen LogP contribution is 2.64. The third-order valence-corrected chi connectivity index (χ3v) is 11.7. The van der Waals surface area contributed by atoms with Crippen LogP contribution in [0.25, 0.3) is 0 Å². The number of morpholine rings is 1. The molecule has 3 saturated heterocycles. The van der Waals surface area contributed by atoms with Crippen LogP contribution in [0.3, 0.4) is 0 Å². The molecule has 0 spiro atoms.